The quantitative estimate of drug-likeness (QED) is 0.829. The lowest BCUT2D eigenvalue weighted by Crippen LogP contribution is -1.97. The Balaban J connectivity index is 1.93. The van der Waals surface area contributed by atoms with E-state index in [9.17, 15) is 0 Å². The van der Waals surface area contributed by atoms with Gasteiger partial charge in [-0.1, -0.05) is 6.07 Å². The molecule has 0 atom stereocenters. The van der Waals surface area contributed by atoms with Gasteiger partial charge >= 0.3 is 0 Å². The summed E-state index contributed by atoms with van der Waals surface area (Å²) < 4.78 is 10.7. The molecule has 1 aromatic heterocycles. The van der Waals surface area contributed by atoms with Gasteiger partial charge in [0.25, 0.3) is 0 Å². The lowest BCUT2D eigenvalue weighted by molar-refractivity contribution is 0.174. The summed E-state index contributed by atoms with van der Waals surface area (Å²) in [5, 5.41) is 3.30. The molecule has 17 heavy (non-hydrogen) atoms. The first-order chi connectivity index (χ1) is 8.33. The van der Waals surface area contributed by atoms with E-state index in [-0.39, 0.29) is 12.1 Å². The van der Waals surface area contributed by atoms with E-state index < -0.39 is 0 Å². The van der Waals surface area contributed by atoms with Crippen molar-refractivity contribution in [3.63, 3.8) is 0 Å². The second-order valence-corrected chi connectivity index (χ2v) is 3.71. The zero-order valence-electron chi connectivity index (χ0n) is 8.68. The molecule has 0 amide bonds. The van der Waals surface area contributed by atoms with Crippen LogP contribution in [0.1, 0.15) is 0 Å². The first kappa shape index (κ1) is 10.2. The van der Waals surface area contributed by atoms with E-state index in [1.165, 1.54) is 0 Å². The molecule has 0 saturated heterocycles. The Morgan fingerprint density at radius 1 is 1.24 bits per heavy atom. The fourth-order valence-electron chi connectivity index (χ4n) is 1.57. The number of benzene rings is 1. The molecule has 0 radical (unpaired) electrons. The fraction of sp³-hybridized carbons (Fsp3) is 0.0909. The molecule has 86 valence electrons. The number of aromatic nitrogens is 2. The summed E-state index contributed by atoms with van der Waals surface area (Å²) in [6.07, 6.45) is 1.58. The minimum atomic E-state index is 0.194. The van der Waals surface area contributed by atoms with Gasteiger partial charge in [0.2, 0.25) is 12.1 Å². The average molecular weight is 250 g/mol. The Morgan fingerprint density at radius 3 is 3.06 bits per heavy atom. The largest absolute Gasteiger partial charge is 0.454 e. The highest BCUT2D eigenvalue weighted by Crippen LogP contribution is 2.39. The predicted molar refractivity (Wildman–Crippen MR) is 62.9 cm³/mol. The monoisotopic (exact) mass is 249 g/mol. The van der Waals surface area contributed by atoms with Gasteiger partial charge in [0.15, 0.2) is 11.5 Å². The molecule has 0 aliphatic carbocycles. The first-order valence-electron chi connectivity index (χ1n) is 4.97. The smallest absolute Gasteiger partial charge is 0.231 e. The molecule has 1 aliphatic heterocycles. The Hall–Kier alpha value is -2.01. The van der Waals surface area contributed by atoms with Crippen molar-refractivity contribution in [1.82, 2.24) is 9.97 Å². The molecule has 0 saturated carbocycles. The molecule has 0 fully saturated rings. The van der Waals surface area contributed by atoms with Crippen molar-refractivity contribution in [3.05, 3.63) is 35.7 Å². The minimum absolute atomic E-state index is 0.194. The maximum absolute atomic E-state index is 5.71. The van der Waals surface area contributed by atoms with E-state index >= 15 is 0 Å². The van der Waals surface area contributed by atoms with Gasteiger partial charge in [0.1, 0.15) is 5.82 Å². The summed E-state index contributed by atoms with van der Waals surface area (Å²) in [6.45, 7) is 0.235. The molecular weight excluding hydrogens is 242 g/mol. The highest BCUT2D eigenvalue weighted by Gasteiger charge is 2.17. The Morgan fingerprint density at radius 2 is 2.18 bits per heavy atom. The summed E-state index contributed by atoms with van der Waals surface area (Å²) >= 11 is 5.71. The van der Waals surface area contributed by atoms with Gasteiger partial charge in [-0.2, -0.15) is 0 Å². The van der Waals surface area contributed by atoms with Crippen molar-refractivity contribution in [3.8, 4) is 11.5 Å². The second kappa shape index (κ2) is 4.10. The third-order valence-corrected chi connectivity index (χ3v) is 2.47. The average Bonchev–Trinajstić information content (AvgIpc) is 2.78. The molecule has 2 heterocycles. The number of ether oxygens (including phenoxy) is 2. The van der Waals surface area contributed by atoms with Gasteiger partial charge in [-0.3, -0.25) is 0 Å². The number of nitrogens with zero attached hydrogens (tertiary/aromatic N) is 2. The number of hydrogen-bond acceptors (Lipinski definition) is 5. The number of hydrogen-bond donors (Lipinski definition) is 1. The van der Waals surface area contributed by atoms with Crippen LogP contribution in [0.2, 0.25) is 5.28 Å². The van der Waals surface area contributed by atoms with Gasteiger partial charge < -0.3 is 14.8 Å². The molecule has 6 heteroatoms. The number of rotatable bonds is 2. The summed E-state index contributed by atoms with van der Waals surface area (Å²) in [6, 6.07) is 7.32. The summed E-state index contributed by atoms with van der Waals surface area (Å²) in [7, 11) is 0. The standard InChI is InChI=1S/C11H8ClN3O2/c12-11-13-5-4-9(15-11)14-7-2-1-3-8-10(7)17-6-16-8/h1-5H,6H2,(H,13,14,15). The molecule has 1 aliphatic rings. The number of halogens is 1. The number of anilines is 2. The zero-order chi connectivity index (χ0) is 11.7. The van der Waals surface area contributed by atoms with Crippen molar-refractivity contribution in [2.45, 2.75) is 0 Å². The number of para-hydroxylation sites is 1. The van der Waals surface area contributed by atoms with Crippen molar-refractivity contribution >= 4 is 23.1 Å². The van der Waals surface area contributed by atoms with Gasteiger partial charge in [0.05, 0.1) is 5.69 Å². The van der Waals surface area contributed by atoms with Crippen LogP contribution in [0.5, 0.6) is 11.5 Å². The topological polar surface area (TPSA) is 56.3 Å². The maximum Gasteiger partial charge on any atom is 0.231 e. The third-order valence-electron chi connectivity index (χ3n) is 2.29. The molecular formula is C11H8ClN3O2. The summed E-state index contributed by atoms with van der Waals surface area (Å²) in [5.41, 5.74) is 0.787. The van der Waals surface area contributed by atoms with Crippen LogP contribution in [0.4, 0.5) is 11.5 Å². The molecule has 3 rings (SSSR count). The van der Waals surface area contributed by atoms with E-state index in [4.69, 9.17) is 21.1 Å². The molecule has 5 nitrogen and oxygen atoms in total. The van der Waals surface area contributed by atoms with Crippen molar-refractivity contribution in [1.29, 1.82) is 0 Å². The van der Waals surface area contributed by atoms with Gasteiger partial charge in [-0.25, -0.2) is 9.97 Å². The highest BCUT2D eigenvalue weighted by molar-refractivity contribution is 6.28. The van der Waals surface area contributed by atoms with Crippen molar-refractivity contribution < 1.29 is 9.47 Å². The molecule has 1 N–H and O–H groups in total. The lowest BCUT2D eigenvalue weighted by atomic mass is 10.2. The van der Waals surface area contributed by atoms with E-state index in [2.05, 4.69) is 15.3 Å². The van der Waals surface area contributed by atoms with Crippen LogP contribution in [0.3, 0.4) is 0 Å². The molecule has 0 unspecified atom stereocenters. The summed E-state index contributed by atoms with van der Waals surface area (Å²) in [4.78, 5) is 7.85. The number of fused-ring (bicyclic) bond motifs is 1. The van der Waals surface area contributed by atoms with Crippen LogP contribution in [0, 0.1) is 0 Å². The van der Waals surface area contributed by atoms with E-state index in [1.54, 1.807) is 12.3 Å². The molecule has 1 aromatic carbocycles. The van der Waals surface area contributed by atoms with E-state index in [1.807, 2.05) is 18.2 Å². The normalized spacial score (nSPS) is 12.5. The lowest BCUT2D eigenvalue weighted by Gasteiger charge is -2.07. The first-order valence-corrected chi connectivity index (χ1v) is 5.35. The van der Waals surface area contributed by atoms with Crippen LogP contribution in [0.15, 0.2) is 30.5 Å². The molecule has 0 spiro atoms. The van der Waals surface area contributed by atoms with E-state index in [0.717, 1.165) is 11.4 Å². The zero-order valence-corrected chi connectivity index (χ0v) is 9.44. The van der Waals surface area contributed by atoms with Crippen LogP contribution in [-0.2, 0) is 0 Å². The van der Waals surface area contributed by atoms with Crippen LogP contribution < -0.4 is 14.8 Å². The van der Waals surface area contributed by atoms with Gasteiger partial charge in [-0.15, -0.1) is 0 Å². The summed E-state index contributed by atoms with van der Waals surface area (Å²) in [5.74, 6) is 2.01. The van der Waals surface area contributed by atoms with Crippen LogP contribution >= 0.6 is 11.6 Å². The number of nitrogens with one attached hydrogen (secondary N) is 1. The Labute approximate surface area is 102 Å². The second-order valence-electron chi connectivity index (χ2n) is 3.38. The molecule has 2 aromatic rings. The van der Waals surface area contributed by atoms with Crippen molar-refractivity contribution in [2.24, 2.45) is 0 Å². The SMILES string of the molecule is Clc1nccc(Nc2cccc3c2OCO3)n1. The Kier molecular flexibility index (Phi) is 2.45. The fourth-order valence-corrected chi connectivity index (χ4v) is 1.72. The maximum atomic E-state index is 5.71. The Bertz CT molecular complexity index is 562. The van der Waals surface area contributed by atoms with Gasteiger partial charge in [-0.05, 0) is 29.8 Å². The predicted octanol–water partition coefficient (Wildman–Crippen LogP) is 2.60. The van der Waals surface area contributed by atoms with Crippen molar-refractivity contribution in [2.75, 3.05) is 12.1 Å². The van der Waals surface area contributed by atoms with E-state index in [0.29, 0.717) is 11.6 Å². The van der Waals surface area contributed by atoms with Crippen LogP contribution in [0.25, 0.3) is 0 Å². The van der Waals surface area contributed by atoms with Gasteiger partial charge in [0, 0.05) is 6.20 Å². The minimum Gasteiger partial charge on any atom is -0.454 e. The highest BCUT2D eigenvalue weighted by atomic mass is 35.5. The molecule has 0 bridgehead atoms. The third kappa shape index (κ3) is 1.97. The van der Waals surface area contributed by atoms with Crippen LogP contribution in [-0.4, -0.2) is 16.8 Å².